The molecular weight excluding hydrogens is 116 g/mol. The summed E-state index contributed by atoms with van der Waals surface area (Å²) < 4.78 is 0. The molecule has 1 aliphatic rings. The lowest BCUT2D eigenvalue weighted by molar-refractivity contribution is -0.121. The summed E-state index contributed by atoms with van der Waals surface area (Å²) in [6.45, 7) is 0. The fraction of sp³-hybridized carbons (Fsp3) is 0.500. The molecule has 0 saturated heterocycles. The van der Waals surface area contributed by atoms with Gasteiger partial charge in [-0.2, -0.15) is 0 Å². The third-order valence-corrected chi connectivity index (χ3v) is 1.32. The number of hydrogen-bond donors (Lipinski definition) is 2. The second-order valence-electron chi connectivity index (χ2n) is 2.09. The molecule has 3 heteroatoms. The van der Waals surface area contributed by atoms with E-state index in [1.165, 1.54) is 0 Å². The van der Waals surface area contributed by atoms with E-state index in [1.54, 1.807) is 6.20 Å². The Hall–Kier alpha value is -0.830. The highest BCUT2D eigenvalue weighted by Crippen LogP contribution is 1.98. The average molecular weight is 126 g/mol. The van der Waals surface area contributed by atoms with Crippen LogP contribution in [-0.4, -0.2) is 11.9 Å². The average Bonchev–Trinajstić information content (AvgIpc) is 1.99. The zero-order valence-corrected chi connectivity index (χ0v) is 5.13. The predicted octanol–water partition coefficient (Wildman–Crippen LogP) is -0.263. The molecule has 0 radical (unpaired) electrons. The summed E-state index contributed by atoms with van der Waals surface area (Å²) in [6, 6.07) is -0.319. The molecule has 1 heterocycles. The first-order valence-electron chi connectivity index (χ1n) is 3.01. The van der Waals surface area contributed by atoms with E-state index in [1.807, 2.05) is 6.08 Å². The summed E-state index contributed by atoms with van der Waals surface area (Å²) in [7, 11) is 0. The van der Waals surface area contributed by atoms with Crippen molar-refractivity contribution in [3.8, 4) is 0 Å². The van der Waals surface area contributed by atoms with Crippen LogP contribution in [0.1, 0.15) is 12.8 Å². The van der Waals surface area contributed by atoms with E-state index in [9.17, 15) is 4.79 Å². The van der Waals surface area contributed by atoms with Gasteiger partial charge in [-0.05, 0) is 19.0 Å². The maximum absolute atomic E-state index is 10.7. The lowest BCUT2D eigenvalue weighted by Gasteiger charge is -2.03. The van der Waals surface area contributed by atoms with Gasteiger partial charge in [0.15, 0.2) is 0 Å². The number of hydrogen-bond acceptors (Lipinski definition) is 2. The smallest absolute Gasteiger partial charge is 0.240 e. The first kappa shape index (κ1) is 6.29. The molecule has 3 nitrogen and oxygen atoms in total. The molecule has 1 unspecified atom stereocenters. The molecule has 1 atom stereocenters. The Labute approximate surface area is 53.9 Å². The van der Waals surface area contributed by atoms with Crippen molar-refractivity contribution in [1.29, 1.82) is 0 Å². The first-order valence-corrected chi connectivity index (χ1v) is 3.01. The van der Waals surface area contributed by atoms with Crippen LogP contribution in [0.5, 0.6) is 0 Å². The largest absolute Gasteiger partial charge is 0.332 e. The Kier molecular flexibility index (Phi) is 1.85. The summed E-state index contributed by atoms with van der Waals surface area (Å²) in [5, 5.41) is 2.55. The third kappa shape index (κ3) is 1.54. The third-order valence-electron chi connectivity index (χ3n) is 1.32. The summed E-state index contributed by atoms with van der Waals surface area (Å²) in [6.07, 6.45) is 5.20. The van der Waals surface area contributed by atoms with Crippen molar-refractivity contribution in [2.24, 2.45) is 5.73 Å². The van der Waals surface area contributed by atoms with E-state index >= 15 is 0 Å². The lowest BCUT2D eigenvalue weighted by Crippen LogP contribution is -2.36. The fourth-order valence-corrected chi connectivity index (χ4v) is 0.738. The maximum Gasteiger partial charge on any atom is 0.240 e. The van der Waals surface area contributed by atoms with E-state index < -0.39 is 0 Å². The highest BCUT2D eigenvalue weighted by molar-refractivity contribution is 5.82. The Bertz CT molecular complexity index is 142. The minimum absolute atomic E-state index is 0.0799. The number of amides is 1. The number of carbonyl (C=O) groups excluding carboxylic acids is 1. The van der Waals surface area contributed by atoms with Crippen molar-refractivity contribution in [2.45, 2.75) is 18.9 Å². The molecule has 3 N–H and O–H groups in total. The van der Waals surface area contributed by atoms with Crippen molar-refractivity contribution in [2.75, 3.05) is 0 Å². The number of nitrogens with one attached hydrogen (secondary N) is 1. The zero-order valence-electron chi connectivity index (χ0n) is 5.13. The van der Waals surface area contributed by atoms with Crippen LogP contribution in [0.15, 0.2) is 12.3 Å². The molecule has 0 fully saturated rings. The SMILES string of the molecule is NC1CCC=CNC1=O. The Balaban J connectivity index is 2.52. The quantitative estimate of drug-likeness (QED) is 0.469. The molecule has 1 amide bonds. The molecule has 0 aromatic rings. The van der Waals surface area contributed by atoms with Gasteiger partial charge in [0.25, 0.3) is 0 Å². The lowest BCUT2D eigenvalue weighted by atomic mass is 10.2. The van der Waals surface area contributed by atoms with E-state index in [0.29, 0.717) is 0 Å². The van der Waals surface area contributed by atoms with Gasteiger partial charge in [0.05, 0.1) is 6.04 Å². The van der Waals surface area contributed by atoms with E-state index in [2.05, 4.69) is 5.32 Å². The molecule has 1 aliphatic heterocycles. The van der Waals surface area contributed by atoms with Gasteiger partial charge in [0, 0.05) is 0 Å². The number of nitrogens with two attached hydrogens (primary N) is 1. The van der Waals surface area contributed by atoms with Crippen molar-refractivity contribution < 1.29 is 4.79 Å². The summed E-state index contributed by atoms with van der Waals surface area (Å²) in [4.78, 5) is 10.7. The summed E-state index contributed by atoms with van der Waals surface area (Å²) in [5.74, 6) is -0.0799. The number of rotatable bonds is 0. The van der Waals surface area contributed by atoms with E-state index in [0.717, 1.165) is 12.8 Å². The van der Waals surface area contributed by atoms with Gasteiger partial charge >= 0.3 is 0 Å². The minimum atomic E-state index is -0.319. The Morgan fingerprint density at radius 3 is 3.33 bits per heavy atom. The van der Waals surface area contributed by atoms with Crippen LogP contribution in [-0.2, 0) is 4.79 Å². The number of allylic oxidation sites excluding steroid dienone is 1. The van der Waals surface area contributed by atoms with Crippen LogP contribution >= 0.6 is 0 Å². The molecule has 1 rings (SSSR count). The molecule has 0 aromatic carbocycles. The molecule has 0 aliphatic carbocycles. The normalized spacial score (nSPS) is 27.2. The highest BCUT2D eigenvalue weighted by Gasteiger charge is 2.11. The van der Waals surface area contributed by atoms with Crippen LogP contribution in [0, 0.1) is 0 Å². The van der Waals surface area contributed by atoms with Gasteiger partial charge in [0.2, 0.25) is 5.91 Å². The highest BCUT2D eigenvalue weighted by atomic mass is 16.2. The molecule has 0 saturated carbocycles. The molecule has 0 bridgehead atoms. The van der Waals surface area contributed by atoms with Crippen LogP contribution in [0.3, 0.4) is 0 Å². The molecule has 9 heavy (non-hydrogen) atoms. The van der Waals surface area contributed by atoms with Crippen molar-refractivity contribution in [1.82, 2.24) is 5.32 Å². The van der Waals surface area contributed by atoms with E-state index in [4.69, 9.17) is 5.73 Å². The fourth-order valence-electron chi connectivity index (χ4n) is 0.738. The molecule has 50 valence electrons. The van der Waals surface area contributed by atoms with Crippen LogP contribution in [0.25, 0.3) is 0 Å². The van der Waals surface area contributed by atoms with Gasteiger partial charge in [-0.3, -0.25) is 4.79 Å². The van der Waals surface area contributed by atoms with Gasteiger partial charge in [-0.15, -0.1) is 0 Å². The van der Waals surface area contributed by atoms with Crippen molar-refractivity contribution in [3.63, 3.8) is 0 Å². The minimum Gasteiger partial charge on any atom is -0.332 e. The Morgan fingerprint density at radius 1 is 1.78 bits per heavy atom. The topological polar surface area (TPSA) is 55.1 Å². The zero-order chi connectivity index (χ0) is 6.69. The molecular formula is C6H10N2O. The molecule has 0 spiro atoms. The second kappa shape index (κ2) is 2.64. The van der Waals surface area contributed by atoms with Crippen molar-refractivity contribution >= 4 is 5.91 Å². The Morgan fingerprint density at radius 2 is 2.56 bits per heavy atom. The summed E-state index contributed by atoms with van der Waals surface area (Å²) >= 11 is 0. The van der Waals surface area contributed by atoms with Crippen LogP contribution in [0.4, 0.5) is 0 Å². The first-order chi connectivity index (χ1) is 4.30. The van der Waals surface area contributed by atoms with Gasteiger partial charge in [-0.25, -0.2) is 0 Å². The van der Waals surface area contributed by atoms with E-state index in [-0.39, 0.29) is 11.9 Å². The van der Waals surface area contributed by atoms with Gasteiger partial charge < -0.3 is 11.1 Å². The second-order valence-corrected chi connectivity index (χ2v) is 2.09. The standard InChI is InChI=1S/C6H10N2O/c7-5-3-1-2-4-8-6(5)9/h2,4-5H,1,3,7H2,(H,8,9). The van der Waals surface area contributed by atoms with Gasteiger partial charge in [-0.1, -0.05) is 6.08 Å². The van der Waals surface area contributed by atoms with Crippen LogP contribution < -0.4 is 11.1 Å². The van der Waals surface area contributed by atoms with Crippen molar-refractivity contribution in [3.05, 3.63) is 12.3 Å². The maximum atomic E-state index is 10.7. The van der Waals surface area contributed by atoms with Gasteiger partial charge in [0.1, 0.15) is 0 Å². The number of carbonyl (C=O) groups is 1. The monoisotopic (exact) mass is 126 g/mol. The predicted molar refractivity (Wildman–Crippen MR) is 34.5 cm³/mol. The van der Waals surface area contributed by atoms with Crippen LogP contribution in [0.2, 0.25) is 0 Å². The summed E-state index contributed by atoms with van der Waals surface area (Å²) in [5.41, 5.74) is 5.43. The molecule has 0 aromatic heterocycles.